The van der Waals surface area contributed by atoms with E-state index in [1.54, 1.807) is 4.90 Å². The molecule has 1 aromatic heterocycles. The van der Waals surface area contributed by atoms with Crippen molar-refractivity contribution in [3.05, 3.63) is 46.5 Å². The number of aromatic nitrogens is 1. The molecule has 1 saturated heterocycles. The van der Waals surface area contributed by atoms with Gasteiger partial charge in [0, 0.05) is 26.1 Å². The molecule has 2 aromatic rings. The molecule has 26 heavy (non-hydrogen) atoms. The minimum atomic E-state index is 0.0361. The van der Waals surface area contributed by atoms with Gasteiger partial charge in [-0.15, -0.1) is 0 Å². The van der Waals surface area contributed by atoms with Crippen molar-refractivity contribution < 1.29 is 9.59 Å². The quantitative estimate of drug-likeness (QED) is 0.695. The van der Waals surface area contributed by atoms with Crippen LogP contribution in [0.3, 0.4) is 0 Å². The summed E-state index contributed by atoms with van der Waals surface area (Å²) in [4.78, 5) is 34.1. The molecule has 0 bridgehead atoms. The minimum Gasteiger partial charge on any atom is -0.322 e. The second kappa shape index (κ2) is 7.19. The van der Waals surface area contributed by atoms with Crippen LogP contribution in [0.1, 0.15) is 40.2 Å². The maximum Gasteiger partial charge on any atom is 0.326 e. The van der Waals surface area contributed by atoms with Crippen molar-refractivity contribution in [3.63, 3.8) is 0 Å². The van der Waals surface area contributed by atoms with Crippen molar-refractivity contribution in [1.82, 2.24) is 9.88 Å². The van der Waals surface area contributed by atoms with E-state index >= 15 is 0 Å². The number of benzene rings is 1. The highest BCUT2D eigenvalue weighted by Crippen LogP contribution is 2.33. The van der Waals surface area contributed by atoms with Crippen molar-refractivity contribution in [2.75, 3.05) is 24.5 Å². The van der Waals surface area contributed by atoms with Crippen LogP contribution in [0.15, 0.2) is 30.3 Å². The molecule has 0 radical (unpaired) electrons. The van der Waals surface area contributed by atoms with Gasteiger partial charge in [0.05, 0.1) is 10.6 Å². The van der Waals surface area contributed by atoms with Gasteiger partial charge in [-0.05, 0) is 37.7 Å². The van der Waals surface area contributed by atoms with E-state index in [4.69, 9.17) is 0 Å². The van der Waals surface area contributed by atoms with Gasteiger partial charge in [-0.25, -0.2) is 9.78 Å². The van der Waals surface area contributed by atoms with Crippen LogP contribution in [0, 0.1) is 12.8 Å². The molecule has 0 N–H and O–H groups in total. The summed E-state index contributed by atoms with van der Waals surface area (Å²) < 4.78 is 0. The summed E-state index contributed by atoms with van der Waals surface area (Å²) in [6.07, 6.45) is 3.67. The second-order valence-electron chi connectivity index (χ2n) is 7.14. The first-order valence-electron chi connectivity index (χ1n) is 9.23. The van der Waals surface area contributed by atoms with Gasteiger partial charge in [0.2, 0.25) is 0 Å². The number of ketones is 1. The number of hydrogen-bond acceptors (Lipinski definition) is 4. The lowest BCUT2D eigenvalue weighted by Crippen LogP contribution is -2.33. The molecule has 1 aliphatic heterocycles. The van der Waals surface area contributed by atoms with Crippen molar-refractivity contribution in [2.24, 2.45) is 5.92 Å². The average Bonchev–Trinajstić information content (AvgIpc) is 3.28. The third-order valence-electron chi connectivity index (χ3n) is 5.02. The number of Topliss-reactive ketones (excluding diaryl/α,β-unsaturated/α-hetero) is 1. The van der Waals surface area contributed by atoms with E-state index in [2.05, 4.69) is 4.98 Å². The van der Waals surface area contributed by atoms with E-state index in [1.165, 1.54) is 24.2 Å². The van der Waals surface area contributed by atoms with Gasteiger partial charge in [-0.3, -0.25) is 9.69 Å². The zero-order chi connectivity index (χ0) is 18.1. The monoisotopic (exact) mass is 369 g/mol. The summed E-state index contributed by atoms with van der Waals surface area (Å²) in [5.74, 6) is 0.795. The number of anilines is 1. The zero-order valence-electron chi connectivity index (χ0n) is 15.0. The summed E-state index contributed by atoms with van der Waals surface area (Å²) in [5, 5.41) is 0.661. The zero-order valence-corrected chi connectivity index (χ0v) is 15.8. The minimum absolute atomic E-state index is 0.0361. The van der Waals surface area contributed by atoms with Crippen molar-refractivity contribution in [3.8, 4) is 0 Å². The molecule has 4 rings (SSSR count). The van der Waals surface area contributed by atoms with Crippen LogP contribution in [0.2, 0.25) is 0 Å². The molecular formula is C20H23N3O2S. The number of rotatable bonds is 7. The average molecular weight is 369 g/mol. The van der Waals surface area contributed by atoms with Crippen molar-refractivity contribution in [2.45, 2.75) is 32.6 Å². The van der Waals surface area contributed by atoms with E-state index in [-0.39, 0.29) is 11.8 Å². The summed E-state index contributed by atoms with van der Waals surface area (Å²) in [6, 6.07) is 10.1. The largest absolute Gasteiger partial charge is 0.326 e. The molecule has 1 aromatic carbocycles. The Hall–Kier alpha value is -2.21. The molecule has 2 fully saturated rings. The Morgan fingerprint density at radius 3 is 2.73 bits per heavy atom. The number of aryl methyl sites for hydroxylation is 2. The summed E-state index contributed by atoms with van der Waals surface area (Å²) >= 11 is 1.36. The molecule has 1 saturated carbocycles. The molecule has 5 nitrogen and oxygen atoms in total. The van der Waals surface area contributed by atoms with Gasteiger partial charge in [0.15, 0.2) is 10.9 Å². The summed E-state index contributed by atoms with van der Waals surface area (Å²) in [6.45, 7) is 4.14. The van der Waals surface area contributed by atoms with E-state index < -0.39 is 0 Å². The van der Waals surface area contributed by atoms with Gasteiger partial charge in [-0.1, -0.05) is 41.7 Å². The maximum atomic E-state index is 12.6. The Balaban J connectivity index is 1.42. The fourth-order valence-electron chi connectivity index (χ4n) is 3.31. The van der Waals surface area contributed by atoms with Crippen molar-refractivity contribution >= 4 is 28.3 Å². The Kier molecular flexibility index (Phi) is 4.76. The first-order chi connectivity index (χ1) is 12.6. The number of hydrogen-bond donors (Lipinski definition) is 0. The standard InChI is InChI=1S/C20H23N3O2S/c1-14-18(17(24)10-9-15-5-3-2-4-6-15)26-19(21-14)23-12-11-22(20(23)25)13-16-7-8-16/h2-6,16H,7-13H2,1H3. The Morgan fingerprint density at radius 1 is 1.23 bits per heavy atom. The lowest BCUT2D eigenvalue weighted by molar-refractivity contribution is 0.0986. The lowest BCUT2D eigenvalue weighted by atomic mass is 10.1. The summed E-state index contributed by atoms with van der Waals surface area (Å²) in [7, 11) is 0. The van der Waals surface area contributed by atoms with E-state index in [9.17, 15) is 9.59 Å². The fourth-order valence-corrected chi connectivity index (χ4v) is 4.37. The maximum absolute atomic E-state index is 12.6. The molecule has 2 amide bonds. The predicted molar refractivity (Wildman–Crippen MR) is 103 cm³/mol. The van der Waals surface area contributed by atoms with Gasteiger partial charge < -0.3 is 4.90 Å². The number of amides is 2. The number of nitrogens with zero attached hydrogens (tertiary/aromatic N) is 3. The predicted octanol–water partition coefficient (Wildman–Crippen LogP) is 3.92. The number of thiazole rings is 1. The molecule has 6 heteroatoms. The van der Waals surface area contributed by atoms with Crippen molar-refractivity contribution in [1.29, 1.82) is 0 Å². The first kappa shape index (κ1) is 17.2. The van der Waals surface area contributed by atoms with Gasteiger partial charge in [0.1, 0.15) is 0 Å². The topological polar surface area (TPSA) is 53.5 Å². The normalized spacial score (nSPS) is 17.2. The van der Waals surface area contributed by atoms with Crippen LogP contribution in [0.25, 0.3) is 0 Å². The molecule has 0 unspecified atom stereocenters. The SMILES string of the molecule is Cc1nc(N2CCN(CC3CC3)C2=O)sc1C(=O)CCc1ccccc1. The van der Waals surface area contributed by atoms with Crippen LogP contribution in [-0.4, -0.2) is 41.3 Å². The van der Waals surface area contributed by atoms with Crippen LogP contribution in [0.5, 0.6) is 0 Å². The Morgan fingerprint density at radius 2 is 2.00 bits per heavy atom. The molecular weight excluding hydrogens is 346 g/mol. The molecule has 2 aliphatic rings. The van der Waals surface area contributed by atoms with Crippen LogP contribution in [0.4, 0.5) is 9.93 Å². The van der Waals surface area contributed by atoms with Gasteiger partial charge in [0.25, 0.3) is 0 Å². The van der Waals surface area contributed by atoms with Crippen LogP contribution in [-0.2, 0) is 6.42 Å². The third-order valence-corrected chi connectivity index (χ3v) is 6.24. The number of urea groups is 1. The van der Waals surface area contributed by atoms with Crippen LogP contribution < -0.4 is 4.90 Å². The lowest BCUT2D eigenvalue weighted by Gasteiger charge is -2.16. The van der Waals surface area contributed by atoms with Gasteiger partial charge >= 0.3 is 6.03 Å². The van der Waals surface area contributed by atoms with E-state index in [1.807, 2.05) is 42.2 Å². The smallest absolute Gasteiger partial charge is 0.322 e. The number of carbonyl (C=O) groups excluding carboxylic acids is 2. The molecule has 0 atom stereocenters. The van der Waals surface area contributed by atoms with Crippen LogP contribution >= 0.6 is 11.3 Å². The Labute approximate surface area is 157 Å². The Bertz CT molecular complexity index is 814. The second-order valence-corrected chi connectivity index (χ2v) is 8.12. The summed E-state index contributed by atoms with van der Waals surface area (Å²) in [5.41, 5.74) is 1.89. The molecule has 2 heterocycles. The third kappa shape index (κ3) is 3.65. The number of carbonyl (C=O) groups is 2. The highest BCUT2D eigenvalue weighted by Gasteiger charge is 2.35. The molecule has 136 valence electrons. The fraction of sp³-hybridized carbons (Fsp3) is 0.450. The highest BCUT2D eigenvalue weighted by molar-refractivity contribution is 7.17. The first-order valence-corrected chi connectivity index (χ1v) is 10.0. The molecule has 0 spiro atoms. The van der Waals surface area contributed by atoms with E-state index in [0.717, 1.165) is 30.8 Å². The molecule has 1 aliphatic carbocycles. The van der Waals surface area contributed by atoms with E-state index in [0.29, 0.717) is 28.9 Å². The van der Waals surface area contributed by atoms with Gasteiger partial charge in [-0.2, -0.15) is 0 Å². The highest BCUT2D eigenvalue weighted by atomic mass is 32.1.